The summed E-state index contributed by atoms with van der Waals surface area (Å²) in [5, 5.41) is 0. The Bertz CT molecular complexity index is 3260. The SMILES string of the molecule is CCCCCCCCCc1cc2c3c(c1)N(c1cc4c(cc1C)C(C)(C)CC4(C)C)c1cc4c(cc1B3c1cc(C(C)(C)c3ccccc3)ccc1N2c1cc2c(cc1C)C(C)(C)CCC2(C)C)C(C)(C)CCC4(C)C. The number of rotatable bonds is 12. The highest BCUT2D eigenvalue weighted by Gasteiger charge is 2.49. The van der Waals surface area contributed by atoms with Crippen molar-refractivity contribution in [2.75, 3.05) is 9.80 Å². The lowest BCUT2D eigenvalue weighted by molar-refractivity contribution is 0.332. The van der Waals surface area contributed by atoms with Crippen molar-refractivity contribution >= 4 is 57.2 Å². The summed E-state index contributed by atoms with van der Waals surface area (Å²) >= 11 is 0. The van der Waals surface area contributed by atoms with E-state index in [9.17, 15) is 0 Å². The third kappa shape index (κ3) is 8.56. The number of unbranched alkanes of at least 4 members (excludes halogenated alkanes) is 6. The van der Waals surface area contributed by atoms with Crippen LogP contribution in [0.5, 0.6) is 0 Å². The van der Waals surface area contributed by atoms with Crippen molar-refractivity contribution in [3.05, 3.63) is 158 Å². The van der Waals surface area contributed by atoms with Crippen molar-refractivity contribution in [1.82, 2.24) is 0 Å². The van der Waals surface area contributed by atoms with Crippen LogP contribution < -0.4 is 26.2 Å². The minimum atomic E-state index is -0.213. The van der Waals surface area contributed by atoms with Gasteiger partial charge in [-0.15, -0.1) is 0 Å². The Kier molecular flexibility index (Phi) is 12.7. The minimum Gasteiger partial charge on any atom is -0.311 e. The van der Waals surface area contributed by atoms with Gasteiger partial charge in [-0.1, -0.05) is 203 Å². The van der Waals surface area contributed by atoms with Gasteiger partial charge in [0.25, 0.3) is 6.71 Å². The molecule has 0 aromatic heterocycles. The molecule has 0 N–H and O–H groups in total. The average molecular weight is 1010 g/mol. The van der Waals surface area contributed by atoms with Crippen LogP contribution in [0, 0.1) is 13.8 Å². The topological polar surface area (TPSA) is 6.48 Å². The molecule has 2 nitrogen and oxygen atoms in total. The van der Waals surface area contributed by atoms with Gasteiger partial charge in [0.1, 0.15) is 0 Å². The molecule has 2 heterocycles. The lowest BCUT2D eigenvalue weighted by Crippen LogP contribution is -2.62. The van der Waals surface area contributed by atoms with Crippen molar-refractivity contribution in [3.8, 4) is 0 Å². The van der Waals surface area contributed by atoms with E-state index >= 15 is 0 Å². The first-order valence-corrected chi connectivity index (χ1v) is 30.2. The van der Waals surface area contributed by atoms with Crippen molar-refractivity contribution in [3.63, 3.8) is 0 Å². The molecule has 0 unspecified atom stereocenters. The first kappa shape index (κ1) is 53.0. The molecule has 0 radical (unpaired) electrons. The van der Waals surface area contributed by atoms with Gasteiger partial charge < -0.3 is 9.80 Å². The number of nitrogens with zero attached hydrogens (tertiary/aromatic N) is 2. The largest absolute Gasteiger partial charge is 0.311 e. The van der Waals surface area contributed by atoms with E-state index in [0.717, 1.165) is 12.8 Å². The molecule has 398 valence electrons. The summed E-state index contributed by atoms with van der Waals surface area (Å²) in [4.78, 5) is 5.60. The fraction of sp³-hybridized carbons (Fsp3) is 0.507. The van der Waals surface area contributed by atoms with Gasteiger partial charge in [-0.3, -0.25) is 0 Å². The highest BCUT2D eigenvalue weighted by atomic mass is 15.2. The van der Waals surface area contributed by atoms with Gasteiger partial charge >= 0.3 is 0 Å². The molecule has 0 saturated heterocycles. The molecular weight excluding hydrogens is 916 g/mol. The fourth-order valence-corrected chi connectivity index (χ4v) is 15.8. The van der Waals surface area contributed by atoms with Crippen molar-refractivity contribution in [2.24, 2.45) is 0 Å². The Labute approximate surface area is 462 Å². The number of benzene rings is 6. The summed E-state index contributed by atoms with van der Waals surface area (Å²) in [5.74, 6) is 0. The Morgan fingerprint density at radius 2 is 0.855 bits per heavy atom. The van der Waals surface area contributed by atoms with Gasteiger partial charge in [-0.05, 0) is 205 Å². The van der Waals surface area contributed by atoms with E-state index in [0.29, 0.717) is 0 Å². The Morgan fingerprint density at radius 3 is 1.39 bits per heavy atom. The molecule has 0 bridgehead atoms. The summed E-state index contributed by atoms with van der Waals surface area (Å²) in [6, 6.07) is 40.3. The Morgan fingerprint density at radius 1 is 0.421 bits per heavy atom. The number of fused-ring (bicyclic) bond motifs is 7. The number of anilines is 6. The van der Waals surface area contributed by atoms with E-state index in [1.807, 2.05) is 0 Å². The van der Waals surface area contributed by atoms with Gasteiger partial charge in [0.2, 0.25) is 0 Å². The molecule has 0 saturated carbocycles. The van der Waals surface area contributed by atoms with Crippen LogP contribution in [0.15, 0.2) is 97.1 Å². The predicted octanol–water partition coefficient (Wildman–Crippen LogP) is 18.7. The maximum atomic E-state index is 2.82. The van der Waals surface area contributed by atoms with Crippen LogP contribution in [0.25, 0.3) is 0 Å². The highest BCUT2D eigenvalue weighted by molar-refractivity contribution is 7.00. The smallest absolute Gasteiger partial charge is 0.252 e. The third-order valence-electron chi connectivity index (χ3n) is 20.7. The summed E-state index contributed by atoms with van der Waals surface area (Å²) in [5.41, 5.74) is 28.8. The number of hydrogen-bond acceptors (Lipinski definition) is 2. The minimum absolute atomic E-state index is 0.0335. The first-order valence-electron chi connectivity index (χ1n) is 30.2. The molecule has 0 fully saturated rings. The summed E-state index contributed by atoms with van der Waals surface area (Å²) in [6.45, 7) is 42.1. The summed E-state index contributed by atoms with van der Waals surface area (Å²) in [6.07, 6.45) is 16.1. The lowest BCUT2D eigenvalue weighted by atomic mass is 9.33. The third-order valence-corrected chi connectivity index (χ3v) is 20.7. The van der Waals surface area contributed by atoms with Crippen LogP contribution in [0.2, 0.25) is 0 Å². The van der Waals surface area contributed by atoms with Crippen LogP contribution in [-0.2, 0) is 44.3 Å². The zero-order chi connectivity index (χ0) is 54.3. The zero-order valence-electron chi connectivity index (χ0n) is 50.4. The second-order valence-electron chi connectivity index (χ2n) is 29.6. The van der Waals surface area contributed by atoms with E-state index in [1.54, 1.807) is 0 Å². The fourth-order valence-electron chi connectivity index (χ4n) is 15.8. The maximum Gasteiger partial charge on any atom is 0.252 e. The van der Waals surface area contributed by atoms with E-state index in [4.69, 9.17) is 0 Å². The van der Waals surface area contributed by atoms with E-state index < -0.39 is 0 Å². The summed E-state index contributed by atoms with van der Waals surface area (Å²) < 4.78 is 0. The highest BCUT2D eigenvalue weighted by Crippen LogP contribution is 2.56. The maximum absolute atomic E-state index is 2.82. The van der Waals surface area contributed by atoms with Crippen molar-refractivity contribution in [2.45, 2.75) is 239 Å². The molecule has 0 spiro atoms. The Hall–Kier alpha value is -5.02. The predicted molar refractivity (Wildman–Crippen MR) is 331 cm³/mol. The molecule has 76 heavy (non-hydrogen) atoms. The molecule has 3 aliphatic carbocycles. The monoisotopic (exact) mass is 1010 g/mol. The van der Waals surface area contributed by atoms with Gasteiger partial charge in [-0.2, -0.15) is 0 Å². The van der Waals surface area contributed by atoms with Crippen LogP contribution in [0.1, 0.15) is 242 Å². The molecule has 2 aliphatic heterocycles. The normalized spacial score (nSPS) is 19.6. The summed E-state index contributed by atoms with van der Waals surface area (Å²) in [7, 11) is 0. The van der Waals surface area contributed by atoms with E-state index in [2.05, 4.69) is 225 Å². The number of hydrogen-bond donors (Lipinski definition) is 0. The van der Waals surface area contributed by atoms with E-state index in [1.165, 1.54) is 182 Å². The molecule has 6 aromatic rings. The quantitative estimate of drug-likeness (QED) is 0.0889. The van der Waals surface area contributed by atoms with Gasteiger partial charge in [0.05, 0.1) is 0 Å². The molecule has 0 amide bonds. The second kappa shape index (κ2) is 18.3. The molecule has 6 aromatic carbocycles. The van der Waals surface area contributed by atoms with Crippen molar-refractivity contribution < 1.29 is 0 Å². The average Bonchev–Trinajstić information content (AvgIpc) is 3.58. The van der Waals surface area contributed by atoms with Crippen LogP contribution in [-0.4, -0.2) is 6.71 Å². The number of aryl methyl sites for hydroxylation is 3. The zero-order valence-corrected chi connectivity index (χ0v) is 50.4. The van der Waals surface area contributed by atoms with Crippen LogP contribution in [0.3, 0.4) is 0 Å². The lowest BCUT2D eigenvalue weighted by Gasteiger charge is -2.48. The molecule has 0 atom stereocenters. The van der Waals surface area contributed by atoms with Gasteiger partial charge in [0, 0.05) is 39.5 Å². The first-order chi connectivity index (χ1) is 35.7. The molecule has 11 rings (SSSR count). The van der Waals surface area contributed by atoms with Crippen LogP contribution in [0.4, 0.5) is 34.1 Å². The Balaban J connectivity index is 1.25. The second-order valence-corrected chi connectivity index (χ2v) is 29.6. The van der Waals surface area contributed by atoms with Crippen molar-refractivity contribution in [1.29, 1.82) is 0 Å². The van der Waals surface area contributed by atoms with Gasteiger partial charge in [-0.25, -0.2) is 0 Å². The van der Waals surface area contributed by atoms with Gasteiger partial charge in [0.15, 0.2) is 0 Å². The molecule has 3 heteroatoms. The molecule has 5 aliphatic rings. The van der Waals surface area contributed by atoms with E-state index in [-0.39, 0.29) is 44.6 Å². The molecular formula is C73H93BN2. The van der Waals surface area contributed by atoms with Crippen LogP contribution >= 0.6 is 0 Å². The standard InChI is InChI=1S/C73H93BN2/c1-18-19-20-21-22-23-25-28-49-39-64-66-65(40-49)76(62-44-57-53(38-48(62)3)71(12,13)46-72(57,14)15)63-45-56-54(68(6,7)34-36-70(56,10)11)42-59(63)74(66)58-41-51(73(16,17)50-29-26-24-27-30-50)31-32-60(58)75(64)61-43-55-52(37-47(61)2)67(4,5)33-35-69(55,8)9/h24,26-27,29-32,37-45H,18-23,25,28,33-36,46H2,1-17H3.